The number of carbonyl (C=O) groups excluding carboxylic acids is 1. The number of aromatic hydroxyl groups is 1. The number of rotatable bonds is 8. The summed E-state index contributed by atoms with van der Waals surface area (Å²) < 4.78 is 5.63. The average molecular weight is 406 g/mol. The van der Waals surface area contributed by atoms with Gasteiger partial charge in [-0.05, 0) is 54.5 Å². The molecule has 0 saturated heterocycles. The van der Waals surface area contributed by atoms with Crippen molar-refractivity contribution < 1.29 is 34.1 Å². The lowest BCUT2D eigenvalue weighted by molar-refractivity contribution is -0.136. The second-order valence-corrected chi connectivity index (χ2v) is 6.53. The second kappa shape index (κ2) is 8.91. The van der Waals surface area contributed by atoms with E-state index >= 15 is 0 Å². The first-order valence-corrected chi connectivity index (χ1v) is 9.03. The van der Waals surface area contributed by atoms with E-state index in [0.29, 0.717) is 29.1 Å². The van der Waals surface area contributed by atoms with Gasteiger partial charge >= 0.3 is 11.9 Å². The first-order valence-electron chi connectivity index (χ1n) is 9.03. The maximum atomic E-state index is 12.3. The molecule has 152 valence electrons. The van der Waals surface area contributed by atoms with Crippen LogP contribution in [0.1, 0.15) is 38.5 Å². The number of aliphatic carboxylic acids is 1. The predicted molar refractivity (Wildman–Crippen MR) is 109 cm³/mol. The summed E-state index contributed by atoms with van der Waals surface area (Å²) in [6.45, 7) is 0. The largest absolute Gasteiger partial charge is 0.507 e. The molecule has 1 heterocycles. The van der Waals surface area contributed by atoms with Gasteiger partial charge in [-0.1, -0.05) is 24.3 Å². The molecule has 7 nitrogen and oxygen atoms in total. The van der Waals surface area contributed by atoms with Crippen LogP contribution in [0.25, 0.3) is 17.4 Å². The fraction of sp³-hybridized carbons (Fsp3) is 0.0870. The lowest BCUT2D eigenvalue weighted by atomic mass is 10.0. The van der Waals surface area contributed by atoms with Gasteiger partial charge in [-0.15, -0.1) is 0 Å². The van der Waals surface area contributed by atoms with Crippen LogP contribution in [0, 0.1) is 0 Å². The third kappa shape index (κ3) is 5.02. The highest BCUT2D eigenvalue weighted by Gasteiger charge is 2.13. The molecule has 0 aliphatic rings. The lowest BCUT2D eigenvalue weighted by Crippen LogP contribution is -1.98. The van der Waals surface area contributed by atoms with Gasteiger partial charge in [0.25, 0.3) is 0 Å². The number of hydrogen-bond acceptors (Lipinski definition) is 5. The van der Waals surface area contributed by atoms with Crippen molar-refractivity contribution in [3.63, 3.8) is 0 Å². The van der Waals surface area contributed by atoms with E-state index < -0.39 is 11.9 Å². The van der Waals surface area contributed by atoms with Gasteiger partial charge in [0.15, 0.2) is 5.78 Å². The Labute approximate surface area is 171 Å². The number of allylic oxidation sites excluding steroid dienone is 1. The molecule has 0 amide bonds. The fourth-order valence-electron chi connectivity index (χ4n) is 2.80. The van der Waals surface area contributed by atoms with Gasteiger partial charge < -0.3 is 19.7 Å². The molecule has 0 spiro atoms. The van der Waals surface area contributed by atoms with Crippen LogP contribution < -0.4 is 0 Å². The standard InChI is InChI=1S/C23H18O7/c24-19(15-4-1-14(2-5-15)3-12-22(26)27)10-7-17-8-11-21(30-17)16-6-9-20(25)18(13-16)23(28)29/h1-2,4-11,13,25H,3,12H2,(H,26,27)(H,28,29)/b10-7+. The number of carboxylic acids is 2. The highest BCUT2D eigenvalue weighted by Crippen LogP contribution is 2.28. The Morgan fingerprint density at radius 2 is 1.67 bits per heavy atom. The highest BCUT2D eigenvalue weighted by atomic mass is 16.4. The number of aryl methyl sites for hydroxylation is 1. The lowest BCUT2D eigenvalue weighted by Gasteiger charge is -2.02. The van der Waals surface area contributed by atoms with Crippen LogP contribution in [0.2, 0.25) is 0 Å². The van der Waals surface area contributed by atoms with Gasteiger partial charge in [0.2, 0.25) is 0 Å². The molecule has 0 bridgehead atoms. The molecule has 30 heavy (non-hydrogen) atoms. The Hall–Kier alpha value is -4.13. The smallest absolute Gasteiger partial charge is 0.339 e. The zero-order valence-corrected chi connectivity index (χ0v) is 15.7. The Bertz CT molecular complexity index is 1120. The molecule has 7 heteroatoms. The summed E-state index contributed by atoms with van der Waals surface area (Å²) in [6, 6.07) is 14.1. The van der Waals surface area contributed by atoms with Crippen molar-refractivity contribution in [1.29, 1.82) is 0 Å². The molecule has 3 aromatic rings. The molecule has 0 fully saturated rings. The van der Waals surface area contributed by atoms with Crippen molar-refractivity contribution in [2.45, 2.75) is 12.8 Å². The van der Waals surface area contributed by atoms with Crippen LogP contribution in [0.15, 0.2) is 65.1 Å². The fourth-order valence-corrected chi connectivity index (χ4v) is 2.80. The maximum absolute atomic E-state index is 12.3. The molecule has 0 unspecified atom stereocenters. The van der Waals surface area contributed by atoms with E-state index in [2.05, 4.69) is 0 Å². The predicted octanol–water partition coefficient (Wildman–Crippen LogP) is 4.26. The number of phenols is 1. The third-order valence-electron chi connectivity index (χ3n) is 4.40. The normalized spacial score (nSPS) is 10.9. The van der Waals surface area contributed by atoms with Crippen molar-refractivity contribution in [3.05, 3.63) is 83.1 Å². The summed E-state index contributed by atoms with van der Waals surface area (Å²) in [7, 11) is 0. The van der Waals surface area contributed by atoms with Gasteiger partial charge in [0.05, 0.1) is 0 Å². The van der Waals surface area contributed by atoms with E-state index in [1.54, 1.807) is 36.4 Å². The number of benzene rings is 2. The van der Waals surface area contributed by atoms with Crippen molar-refractivity contribution in [2.75, 3.05) is 0 Å². The van der Waals surface area contributed by atoms with E-state index in [-0.39, 0.29) is 23.5 Å². The minimum absolute atomic E-state index is 0.0308. The molecular formula is C23H18O7. The van der Waals surface area contributed by atoms with Gasteiger partial charge in [0.1, 0.15) is 22.8 Å². The summed E-state index contributed by atoms with van der Waals surface area (Å²) >= 11 is 0. The number of aromatic carboxylic acids is 1. The number of ketones is 1. The molecule has 0 atom stereocenters. The quantitative estimate of drug-likeness (QED) is 0.377. The van der Waals surface area contributed by atoms with Gasteiger partial charge in [-0.2, -0.15) is 0 Å². The van der Waals surface area contributed by atoms with Crippen LogP contribution in [0.3, 0.4) is 0 Å². The van der Waals surface area contributed by atoms with Gasteiger partial charge in [-0.25, -0.2) is 4.79 Å². The van der Waals surface area contributed by atoms with Gasteiger partial charge in [0, 0.05) is 17.5 Å². The van der Waals surface area contributed by atoms with E-state index in [9.17, 15) is 19.5 Å². The van der Waals surface area contributed by atoms with Crippen molar-refractivity contribution in [1.82, 2.24) is 0 Å². The number of carboxylic acid groups (broad SMARTS) is 2. The van der Waals surface area contributed by atoms with E-state index in [0.717, 1.165) is 5.56 Å². The summed E-state index contributed by atoms with van der Waals surface area (Å²) in [5.41, 5.74) is 1.54. The monoisotopic (exact) mass is 406 g/mol. The zero-order valence-electron chi connectivity index (χ0n) is 15.7. The van der Waals surface area contributed by atoms with Crippen molar-refractivity contribution in [2.24, 2.45) is 0 Å². The number of furan rings is 1. The Balaban J connectivity index is 1.69. The molecule has 0 aliphatic heterocycles. The highest BCUT2D eigenvalue weighted by molar-refractivity contribution is 6.06. The number of hydrogen-bond donors (Lipinski definition) is 3. The van der Waals surface area contributed by atoms with E-state index in [1.165, 1.54) is 30.4 Å². The molecule has 3 N–H and O–H groups in total. The maximum Gasteiger partial charge on any atom is 0.339 e. The van der Waals surface area contributed by atoms with Crippen LogP contribution in [0.4, 0.5) is 0 Å². The minimum atomic E-state index is -1.25. The molecule has 2 aromatic carbocycles. The molecular weight excluding hydrogens is 388 g/mol. The van der Waals surface area contributed by atoms with Crippen molar-refractivity contribution >= 4 is 23.8 Å². The molecule has 0 saturated carbocycles. The average Bonchev–Trinajstić information content (AvgIpc) is 3.20. The summed E-state index contributed by atoms with van der Waals surface area (Å²) in [5.74, 6) is -1.90. The molecule has 0 radical (unpaired) electrons. The second-order valence-electron chi connectivity index (χ2n) is 6.53. The summed E-state index contributed by atoms with van der Waals surface area (Å²) in [4.78, 5) is 34.1. The first-order chi connectivity index (χ1) is 14.3. The number of carbonyl (C=O) groups is 3. The Kier molecular flexibility index (Phi) is 6.12. The van der Waals surface area contributed by atoms with E-state index in [4.69, 9.17) is 14.6 Å². The van der Waals surface area contributed by atoms with Crippen LogP contribution in [-0.2, 0) is 11.2 Å². The first kappa shape index (κ1) is 20.6. The summed E-state index contributed by atoms with van der Waals surface area (Å²) in [5, 5.41) is 27.4. The third-order valence-corrected chi connectivity index (χ3v) is 4.40. The Morgan fingerprint density at radius 3 is 2.33 bits per heavy atom. The minimum Gasteiger partial charge on any atom is -0.507 e. The SMILES string of the molecule is O=C(O)CCc1ccc(C(=O)/C=C/c2ccc(-c3ccc(O)c(C(=O)O)c3)o2)cc1. The molecule has 1 aromatic heterocycles. The van der Waals surface area contributed by atoms with Crippen molar-refractivity contribution in [3.8, 4) is 17.1 Å². The van der Waals surface area contributed by atoms with Crippen LogP contribution in [-0.4, -0.2) is 33.0 Å². The van der Waals surface area contributed by atoms with E-state index in [1.807, 2.05) is 0 Å². The van der Waals surface area contributed by atoms with Crippen LogP contribution >= 0.6 is 0 Å². The summed E-state index contributed by atoms with van der Waals surface area (Å²) in [6.07, 6.45) is 3.29. The van der Waals surface area contributed by atoms with Gasteiger partial charge in [-0.3, -0.25) is 9.59 Å². The topological polar surface area (TPSA) is 125 Å². The molecule has 3 rings (SSSR count). The molecule has 0 aliphatic carbocycles. The zero-order chi connectivity index (χ0) is 21.7. The van der Waals surface area contributed by atoms with Crippen LogP contribution in [0.5, 0.6) is 5.75 Å². The Morgan fingerprint density at radius 1 is 0.933 bits per heavy atom.